The third-order valence-electron chi connectivity index (χ3n) is 3.52. The van der Waals surface area contributed by atoms with Gasteiger partial charge in [-0.25, -0.2) is 4.98 Å². The first-order chi connectivity index (χ1) is 12.6. The number of methoxy groups -OCH3 is 2. The van der Waals surface area contributed by atoms with Crippen LogP contribution in [0.4, 0.5) is 23.1 Å². The third kappa shape index (κ3) is 4.09. The molecule has 8 heteroatoms. The molecule has 0 saturated carbocycles. The summed E-state index contributed by atoms with van der Waals surface area (Å²) in [5.41, 5.74) is 1.34. The molecule has 3 aromatic rings. The van der Waals surface area contributed by atoms with Gasteiger partial charge < -0.3 is 20.1 Å². The minimum Gasteiger partial charge on any atom is -0.497 e. The van der Waals surface area contributed by atoms with E-state index in [4.69, 9.17) is 32.7 Å². The van der Waals surface area contributed by atoms with Crippen LogP contribution in [0.2, 0.25) is 10.0 Å². The predicted octanol–water partition coefficient (Wildman–Crippen LogP) is 5.29. The molecule has 1 aromatic heterocycles. The molecular formula is C18H16Cl2N4O2. The Morgan fingerprint density at radius 1 is 0.923 bits per heavy atom. The summed E-state index contributed by atoms with van der Waals surface area (Å²) < 4.78 is 10.6. The molecular weight excluding hydrogens is 375 g/mol. The molecule has 2 N–H and O–H groups in total. The minimum atomic E-state index is 0.389. The summed E-state index contributed by atoms with van der Waals surface area (Å²) in [7, 11) is 3.19. The van der Waals surface area contributed by atoms with Crippen molar-refractivity contribution in [3.63, 3.8) is 0 Å². The highest BCUT2D eigenvalue weighted by atomic mass is 35.5. The average molecular weight is 391 g/mol. The molecule has 0 bridgehead atoms. The number of nitrogens with zero attached hydrogens (tertiary/aromatic N) is 2. The van der Waals surface area contributed by atoms with Crippen molar-refractivity contribution >= 4 is 46.3 Å². The molecule has 0 spiro atoms. The lowest BCUT2D eigenvalue weighted by Crippen LogP contribution is -2.02. The van der Waals surface area contributed by atoms with Crippen molar-refractivity contribution in [3.05, 3.63) is 58.7 Å². The van der Waals surface area contributed by atoms with E-state index in [2.05, 4.69) is 20.6 Å². The van der Waals surface area contributed by atoms with Crippen LogP contribution >= 0.6 is 23.2 Å². The Hall–Kier alpha value is -2.70. The summed E-state index contributed by atoms with van der Waals surface area (Å²) in [5, 5.41) is 7.14. The average Bonchev–Trinajstić information content (AvgIpc) is 2.66. The number of aromatic nitrogens is 2. The van der Waals surface area contributed by atoms with Crippen molar-refractivity contribution in [2.45, 2.75) is 0 Å². The molecule has 0 amide bonds. The first-order valence-corrected chi connectivity index (χ1v) is 8.39. The normalized spacial score (nSPS) is 10.3. The Kier molecular flexibility index (Phi) is 5.65. The van der Waals surface area contributed by atoms with Crippen molar-refractivity contribution in [2.75, 3.05) is 24.9 Å². The molecule has 0 aliphatic carbocycles. The van der Waals surface area contributed by atoms with Gasteiger partial charge in [-0.05, 0) is 30.3 Å². The Balaban J connectivity index is 1.85. The standard InChI is InChI=1S/C18H16Cl2N4O2/c1-25-11-6-7-15(26-2)14(10-11)23-18-21-9-8-16(24-18)22-13-5-3-4-12(19)17(13)20/h3-10H,1-2H3,(H2,21,22,23,24). The largest absolute Gasteiger partial charge is 0.497 e. The number of hydrogen-bond donors (Lipinski definition) is 2. The topological polar surface area (TPSA) is 68.3 Å². The summed E-state index contributed by atoms with van der Waals surface area (Å²) in [5.74, 6) is 2.28. The fourth-order valence-electron chi connectivity index (χ4n) is 2.26. The molecule has 0 unspecified atom stereocenters. The first kappa shape index (κ1) is 18.1. The van der Waals surface area contributed by atoms with Gasteiger partial charge >= 0.3 is 0 Å². The van der Waals surface area contributed by atoms with Gasteiger partial charge in [-0.2, -0.15) is 4.98 Å². The molecule has 0 radical (unpaired) electrons. The molecule has 3 rings (SSSR count). The molecule has 0 fully saturated rings. The van der Waals surface area contributed by atoms with E-state index in [1.807, 2.05) is 12.1 Å². The number of ether oxygens (including phenoxy) is 2. The number of benzene rings is 2. The Morgan fingerprint density at radius 3 is 2.54 bits per heavy atom. The Bertz CT molecular complexity index is 921. The lowest BCUT2D eigenvalue weighted by Gasteiger charge is -2.13. The molecule has 6 nitrogen and oxygen atoms in total. The summed E-state index contributed by atoms with van der Waals surface area (Å²) in [6.45, 7) is 0. The van der Waals surface area contributed by atoms with Crippen LogP contribution in [-0.4, -0.2) is 24.2 Å². The minimum absolute atomic E-state index is 0.389. The fraction of sp³-hybridized carbons (Fsp3) is 0.111. The van der Waals surface area contributed by atoms with E-state index in [0.29, 0.717) is 44.7 Å². The van der Waals surface area contributed by atoms with Gasteiger partial charge in [-0.3, -0.25) is 0 Å². The second-order valence-electron chi connectivity index (χ2n) is 5.18. The Morgan fingerprint density at radius 2 is 1.77 bits per heavy atom. The monoisotopic (exact) mass is 390 g/mol. The van der Waals surface area contributed by atoms with Gasteiger partial charge in [0.2, 0.25) is 5.95 Å². The SMILES string of the molecule is COc1ccc(OC)c(Nc2nccc(Nc3cccc(Cl)c3Cl)n2)c1. The molecule has 1 heterocycles. The molecule has 26 heavy (non-hydrogen) atoms. The highest BCUT2D eigenvalue weighted by molar-refractivity contribution is 6.43. The third-order valence-corrected chi connectivity index (χ3v) is 4.34. The maximum atomic E-state index is 6.20. The molecule has 134 valence electrons. The smallest absolute Gasteiger partial charge is 0.229 e. The quantitative estimate of drug-likeness (QED) is 0.595. The van der Waals surface area contributed by atoms with Crippen molar-refractivity contribution < 1.29 is 9.47 Å². The first-order valence-electron chi connectivity index (χ1n) is 7.64. The van der Waals surface area contributed by atoms with Crippen LogP contribution in [-0.2, 0) is 0 Å². The second kappa shape index (κ2) is 8.12. The van der Waals surface area contributed by atoms with E-state index in [1.54, 1.807) is 50.7 Å². The zero-order valence-corrected chi connectivity index (χ0v) is 15.6. The van der Waals surface area contributed by atoms with E-state index in [-0.39, 0.29) is 0 Å². The summed E-state index contributed by atoms with van der Waals surface area (Å²) in [6, 6.07) is 12.5. The van der Waals surface area contributed by atoms with Crippen LogP contribution in [0.3, 0.4) is 0 Å². The van der Waals surface area contributed by atoms with Gasteiger partial charge in [0, 0.05) is 12.3 Å². The van der Waals surface area contributed by atoms with E-state index in [9.17, 15) is 0 Å². The number of hydrogen-bond acceptors (Lipinski definition) is 6. The predicted molar refractivity (Wildman–Crippen MR) is 105 cm³/mol. The van der Waals surface area contributed by atoms with Crippen LogP contribution in [0.5, 0.6) is 11.5 Å². The highest BCUT2D eigenvalue weighted by Gasteiger charge is 2.09. The van der Waals surface area contributed by atoms with Gasteiger partial charge in [0.15, 0.2) is 0 Å². The molecule has 0 aliphatic rings. The number of halogens is 2. The maximum Gasteiger partial charge on any atom is 0.229 e. The van der Waals surface area contributed by atoms with E-state index in [0.717, 1.165) is 0 Å². The zero-order chi connectivity index (χ0) is 18.5. The van der Waals surface area contributed by atoms with Crippen molar-refractivity contribution in [2.24, 2.45) is 0 Å². The zero-order valence-electron chi connectivity index (χ0n) is 14.1. The number of anilines is 4. The number of nitrogens with one attached hydrogen (secondary N) is 2. The summed E-state index contributed by atoms with van der Waals surface area (Å²) in [4.78, 5) is 8.66. The second-order valence-corrected chi connectivity index (χ2v) is 5.97. The van der Waals surface area contributed by atoms with Gasteiger partial charge in [-0.1, -0.05) is 29.3 Å². The van der Waals surface area contributed by atoms with Crippen LogP contribution < -0.4 is 20.1 Å². The van der Waals surface area contributed by atoms with Gasteiger partial charge in [0.25, 0.3) is 0 Å². The van der Waals surface area contributed by atoms with Crippen LogP contribution in [0, 0.1) is 0 Å². The van der Waals surface area contributed by atoms with Crippen LogP contribution in [0.25, 0.3) is 0 Å². The fourth-order valence-corrected chi connectivity index (χ4v) is 2.61. The van der Waals surface area contributed by atoms with Gasteiger partial charge in [0.1, 0.15) is 17.3 Å². The van der Waals surface area contributed by atoms with Crippen molar-refractivity contribution in [3.8, 4) is 11.5 Å². The van der Waals surface area contributed by atoms with Gasteiger partial charge in [0.05, 0.1) is 35.6 Å². The molecule has 0 saturated heterocycles. The van der Waals surface area contributed by atoms with Gasteiger partial charge in [-0.15, -0.1) is 0 Å². The number of rotatable bonds is 6. The molecule has 2 aromatic carbocycles. The highest BCUT2D eigenvalue weighted by Crippen LogP contribution is 2.33. The molecule has 0 atom stereocenters. The van der Waals surface area contributed by atoms with Crippen LogP contribution in [0.15, 0.2) is 48.7 Å². The van der Waals surface area contributed by atoms with Crippen molar-refractivity contribution in [1.29, 1.82) is 0 Å². The van der Waals surface area contributed by atoms with Crippen molar-refractivity contribution in [1.82, 2.24) is 9.97 Å². The molecule has 0 aliphatic heterocycles. The van der Waals surface area contributed by atoms with E-state index >= 15 is 0 Å². The Labute approximate surface area is 161 Å². The van der Waals surface area contributed by atoms with E-state index in [1.165, 1.54) is 0 Å². The van der Waals surface area contributed by atoms with Crippen LogP contribution in [0.1, 0.15) is 0 Å². The lowest BCUT2D eigenvalue weighted by molar-refractivity contribution is 0.405. The lowest BCUT2D eigenvalue weighted by atomic mass is 10.2. The van der Waals surface area contributed by atoms with E-state index < -0.39 is 0 Å². The summed E-state index contributed by atoms with van der Waals surface area (Å²) >= 11 is 12.2. The summed E-state index contributed by atoms with van der Waals surface area (Å²) in [6.07, 6.45) is 1.63. The maximum absolute atomic E-state index is 6.20.